The number of aromatic nitrogens is 3. The van der Waals surface area contributed by atoms with E-state index in [9.17, 15) is 9.59 Å². The van der Waals surface area contributed by atoms with E-state index in [1.54, 1.807) is 22.6 Å². The monoisotopic (exact) mass is 486 g/mol. The molecule has 34 heavy (non-hydrogen) atoms. The highest BCUT2D eigenvalue weighted by molar-refractivity contribution is 7.98. The van der Waals surface area contributed by atoms with Crippen LogP contribution in [0.15, 0.2) is 35.4 Å². The van der Waals surface area contributed by atoms with Crippen molar-refractivity contribution >= 4 is 29.3 Å². The Morgan fingerprint density at radius 1 is 1.24 bits per heavy atom. The number of benzene rings is 1. The van der Waals surface area contributed by atoms with Gasteiger partial charge in [0, 0.05) is 23.2 Å². The second kappa shape index (κ2) is 11.3. The number of hydrogen-bond acceptors (Lipinski definition) is 8. The fraction of sp³-hybridized carbons (Fsp3) is 0.583. The number of carbonyl (C=O) groups excluding carboxylic acids is 2. The maximum atomic E-state index is 13.5. The van der Waals surface area contributed by atoms with Crippen LogP contribution >= 0.6 is 11.8 Å². The number of anilines is 1. The summed E-state index contributed by atoms with van der Waals surface area (Å²) in [6, 6.07) is 7.97. The molecule has 0 saturated carbocycles. The number of thioether (sulfide) groups is 1. The molecule has 2 atom stereocenters. The highest BCUT2D eigenvalue weighted by atomic mass is 32.2. The van der Waals surface area contributed by atoms with E-state index in [0.717, 1.165) is 49.5 Å². The van der Waals surface area contributed by atoms with Gasteiger partial charge in [-0.3, -0.25) is 9.69 Å². The van der Waals surface area contributed by atoms with Crippen LogP contribution in [0.3, 0.4) is 0 Å². The van der Waals surface area contributed by atoms with E-state index in [0.29, 0.717) is 19.0 Å². The van der Waals surface area contributed by atoms with Crippen molar-refractivity contribution in [2.45, 2.75) is 55.6 Å². The fourth-order valence-corrected chi connectivity index (χ4v) is 5.52. The van der Waals surface area contributed by atoms with E-state index >= 15 is 0 Å². The van der Waals surface area contributed by atoms with Gasteiger partial charge in [0.05, 0.1) is 25.4 Å². The van der Waals surface area contributed by atoms with Crippen molar-refractivity contribution in [2.75, 3.05) is 44.9 Å². The lowest BCUT2D eigenvalue weighted by molar-refractivity contribution is -0.121. The maximum absolute atomic E-state index is 13.5. The van der Waals surface area contributed by atoms with Crippen molar-refractivity contribution in [3.05, 3.63) is 36.2 Å². The number of rotatable bonds is 8. The van der Waals surface area contributed by atoms with E-state index in [4.69, 9.17) is 4.74 Å². The molecule has 184 valence electrons. The average molecular weight is 487 g/mol. The largest absolute Gasteiger partial charge is 0.464 e. The molecule has 1 aromatic carbocycles. The third-order valence-electron chi connectivity index (χ3n) is 6.80. The van der Waals surface area contributed by atoms with E-state index < -0.39 is 5.97 Å². The Bertz CT molecular complexity index is 991. The van der Waals surface area contributed by atoms with Gasteiger partial charge in [0.2, 0.25) is 5.91 Å². The van der Waals surface area contributed by atoms with E-state index in [-0.39, 0.29) is 23.7 Å². The minimum atomic E-state index is -0.507. The van der Waals surface area contributed by atoms with Gasteiger partial charge in [-0.25, -0.2) is 9.48 Å². The lowest BCUT2D eigenvalue weighted by Gasteiger charge is -2.38. The molecule has 9 nitrogen and oxygen atoms in total. The Morgan fingerprint density at radius 3 is 2.74 bits per heavy atom. The molecule has 2 aromatic rings. The highest BCUT2D eigenvalue weighted by Gasteiger charge is 2.42. The first kappa shape index (κ1) is 24.7. The summed E-state index contributed by atoms with van der Waals surface area (Å²) in [5.41, 5.74) is 0.996. The molecule has 0 unspecified atom stereocenters. The first-order chi connectivity index (χ1) is 16.5. The number of ether oxygens (including phenoxy) is 1. The maximum Gasteiger partial charge on any atom is 0.360 e. The summed E-state index contributed by atoms with van der Waals surface area (Å²) in [7, 11) is 1.33. The molecule has 2 aliphatic rings. The van der Waals surface area contributed by atoms with Crippen LogP contribution < -0.4 is 5.32 Å². The topological polar surface area (TPSA) is 92.6 Å². The quantitative estimate of drug-likeness (QED) is 0.450. The zero-order valence-electron chi connectivity index (χ0n) is 20.1. The minimum Gasteiger partial charge on any atom is -0.464 e. The third-order valence-corrected chi connectivity index (χ3v) is 7.53. The summed E-state index contributed by atoms with van der Waals surface area (Å²) >= 11 is 1.65. The molecule has 0 radical (unpaired) electrons. The van der Waals surface area contributed by atoms with Crippen molar-refractivity contribution in [3.8, 4) is 0 Å². The number of methoxy groups -OCH3 is 1. The summed E-state index contributed by atoms with van der Waals surface area (Å²) in [4.78, 5) is 31.3. The molecule has 1 amide bonds. The number of piperidine rings is 1. The first-order valence-corrected chi connectivity index (χ1v) is 13.2. The number of hydrogen-bond donors (Lipinski definition) is 1. The Kier molecular flexibility index (Phi) is 8.23. The Morgan fingerprint density at radius 2 is 2.03 bits per heavy atom. The molecule has 0 bridgehead atoms. The molecular formula is C24H34N6O3S. The average Bonchev–Trinajstić information content (AvgIpc) is 3.52. The summed E-state index contributed by atoms with van der Waals surface area (Å²) in [5.74, 6) is -0.502. The van der Waals surface area contributed by atoms with Crippen LogP contribution in [-0.2, 0) is 9.53 Å². The van der Waals surface area contributed by atoms with Crippen molar-refractivity contribution < 1.29 is 14.3 Å². The summed E-state index contributed by atoms with van der Waals surface area (Å²) in [6.45, 7) is 6.15. The van der Waals surface area contributed by atoms with Crippen molar-refractivity contribution in [3.63, 3.8) is 0 Å². The predicted octanol–water partition coefficient (Wildman–Crippen LogP) is 2.92. The second-order valence-corrected chi connectivity index (χ2v) is 9.85. The molecule has 1 aromatic heterocycles. The van der Waals surface area contributed by atoms with Gasteiger partial charge >= 0.3 is 5.97 Å². The van der Waals surface area contributed by atoms with Crippen molar-refractivity contribution in [2.24, 2.45) is 0 Å². The number of amides is 1. The third kappa shape index (κ3) is 5.61. The molecule has 0 spiro atoms. The Balaban J connectivity index is 1.51. The molecule has 4 rings (SSSR count). The van der Waals surface area contributed by atoms with Gasteiger partial charge in [-0.1, -0.05) is 18.2 Å². The van der Waals surface area contributed by atoms with Gasteiger partial charge < -0.3 is 15.0 Å². The number of nitrogens with zero attached hydrogens (tertiary/aromatic N) is 5. The molecule has 3 heterocycles. The smallest absolute Gasteiger partial charge is 0.360 e. The lowest BCUT2D eigenvalue weighted by Crippen LogP contribution is -2.50. The van der Waals surface area contributed by atoms with Gasteiger partial charge in [-0.2, -0.15) is 0 Å². The van der Waals surface area contributed by atoms with Gasteiger partial charge in [0.15, 0.2) is 5.69 Å². The summed E-state index contributed by atoms with van der Waals surface area (Å²) < 4.78 is 6.48. The number of nitrogens with one attached hydrogen (secondary N) is 1. The van der Waals surface area contributed by atoms with Gasteiger partial charge in [-0.15, -0.1) is 16.9 Å². The van der Waals surface area contributed by atoms with E-state index in [1.165, 1.54) is 7.11 Å². The van der Waals surface area contributed by atoms with Crippen LogP contribution in [0.5, 0.6) is 0 Å². The van der Waals surface area contributed by atoms with Crippen LogP contribution in [0.2, 0.25) is 0 Å². The fourth-order valence-electron chi connectivity index (χ4n) is 5.06. The van der Waals surface area contributed by atoms with Crippen LogP contribution in [0.1, 0.15) is 49.1 Å². The van der Waals surface area contributed by atoms with E-state index in [1.807, 2.05) is 30.5 Å². The standard InChI is InChI=1S/C24H34N6O3S/c1-4-10-28-11-8-18(9-12-28)29-15-19(30-16-21(26-27-30)24(32)33-2)14-22(29)23(31)25-17-6-5-7-20(13-17)34-3/h5-7,13,16,18-19,22H,4,8-12,14-15H2,1-3H3,(H,25,31)/t19-,22-/m0/s1. The minimum absolute atomic E-state index is 0.00467. The SMILES string of the molecule is CCCN1CCC(N2C[C@@H](n3cc(C(=O)OC)nn3)C[C@H]2C(=O)Nc2cccc(SC)c2)CC1. The predicted molar refractivity (Wildman–Crippen MR) is 132 cm³/mol. The van der Waals surface area contributed by atoms with Gasteiger partial charge in [0.25, 0.3) is 0 Å². The van der Waals surface area contributed by atoms with Crippen LogP contribution in [0.4, 0.5) is 5.69 Å². The van der Waals surface area contributed by atoms with Crippen LogP contribution in [0, 0.1) is 0 Å². The Hall–Kier alpha value is -2.43. The van der Waals surface area contributed by atoms with Crippen LogP contribution in [-0.4, -0.2) is 88.3 Å². The first-order valence-electron chi connectivity index (χ1n) is 12.0. The normalized spacial score (nSPS) is 22.1. The molecular weight excluding hydrogens is 452 g/mol. The number of esters is 1. The van der Waals surface area contributed by atoms with Gasteiger partial charge in [-0.05, 0) is 69.8 Å². The molecule has 1 N–H and O–H groups in total. The molecule has 10 heteroatoms. The van der Waals surface area contributed by atoms with Crippen LogP contribution in [0.25, 0.3) is 0 Å². The summed E-state index contributed by atoms with van der Waals surface area (Å²) in [5, 5.41) is 11.3. The van der Waals surface area contributed by atoms with E-state index in [2.05, 4.69) is 32.4 Å². The highest BCUT2D eigenvalue weighted by Crippen LogP contribution is 2.33. The summed E-state index contributed by atoms with van der Waals surface area (Å²) in [6.07, 6.45) is 7.52. The number of likely N-dealkylation sites (tertiary alicyclic amines) is 2. The lowest BCUT2D eigenvalue weighted by atomic mass is 10.0. The molecule has 2 aliphatic heterocycles. The second-order valence-electron chi connectivity index (χ2n) is 8.97. The van der Waals surface area contributed by atoms with Gasteiger partial charge in [0.1, 0.15) is 0 Å². The van der Waals surface area contributed by atoms with Crippen molar-refractivity contribution in [1.82, 2.24) is 24.8 Å². The zero-order valence-corrected chi connectivity index (χ0v) is 21.0. The Labute approximate surface area is 205 Å². The van der Waals surface area contributed by atoms with Crippen molar-refractivity contribution in [1.29, 1.82) is 0 Å². The zero-order chi connectivity index (χ0) is 24.1. The molecule has 0 aliphatic carbocycles. The number of carbonyl (C=O) groups is 2. The molecule has 2 saturated heterocycles. The molecule has 2 fully saturated rings.